The van der Waals surface area contributed by atoms with Crippen molar-refractivity contribution in [1.29, 1.82) is 0 Å². The number of halogens is 1. The van der Waals surface area contributed by atoms with Gasteiger partial charge in [0.05, 0.1) is 10.7 Å². The van der Waals surface area contributed by atoms with Gasteiger partial charge in [0.25, 0.3) is 0 Å². The van der Waals surface area contributed by atoms with Crippen molar-refractivity contribution >= 4 is 17.4 Å². The van der Waals surface area contributed by atoms with Gasteiger partial charge in [-0.1, -0.05) is 39.3 Å². The lowest BCUT2D eigenvalue weighted by Crippen LogP contribution is -2.38. The van der Waals surface area contributed by atoms with Crippen molar-refractivity contribution in [2.24, 2.45) is 11.7 Å². The first-order valence-corrected chi connectivity index (χ1v) is 7.53. The summed E-state index contributed by atoms with van der Waals surface area (Å²) in [7, 11) is 0. The van der Waals surface area contributed by atoms with Crippen LogP contribution in [0.25, 0.3) is 0 Å². The van der Waals surface area contributed by atoms with Crippen LogP contribution in [0, 0.1) is 5.92 Å². The highest BCUT2D eigenvalue weighted by molar-refractivity contribution is 6.31. The number of pyridine rings is 1. The van der Waals surface area contributed by atoms with Crippen LogP contribution >= 0.6 is 11.6 Å². The Morgan fingerprint density at radius 2 is 1.89 bits per heavy atom. The molecular formula is C15H26ClN3. The maximum atomic E-state index is 6.09. The van der Waals surface area contributed by atoms with E-state index in [2.05, 4.69) is 37.6 Å². The molecule has 0 unspecified atom stereocenters. The largest absolute Gasteiger partial charge is 0.353 e. The molecule has 1 aromatic rings. The van der Waals surface area contributed by atoms with Gasteiger partial charge in [0.1, 0.15) is 5.82 Å². The van der Waals surface area contributed by atoms with E-state index < -0.39 is 0 Å². The standard InChI is InChI=1S/C15H26ClN3/c1-5-12(6-2)19(10-11(3)4)15-8-7-13(16)14(9-17)18-15/h7-8,11-12H,5-6,9-10,17H2,1-4H3. The van der Waals surface area contributed by atoms with E-state index in [1.807, 2.05) is 12.1 Å². The SMILES string of the molecule is CCC(CC)N(CC(C)C)c1ccc(Cl)c(CN)n1. The topological polar surface area (TPSA) is 42.1 Å². The lowest BCUT2D eigenvalue weighted by molar-refractivity contribution is 0.503. The second kappa shape index (κ2) is 7.71. The molecule has 3 nitrogen and oxygen atoms in total. The summed E-state index contributed by atoms with van der Waals surface area (Å²) in [5, 5.41) is 0.653. The van der Waals surface area contributed by atoms with Crippen LogP contribution in [0.4, 0.5) is 5.82 Å². The Hall–Kier alpha value is -0.800. The third-order valence-electron chi connectivity index (χ3n) is 3.34. The van der Waals surface area contributed by atoms with Crippen LogP contribution in [0.5, 0.6) is 0 Å². The summed E-state index contributed by atoms with van der Waals surface area (Å²) in [4.78, 5) is 7.02. The van der Waals surface area contributed by atoms with Gasteiger partial charge >= 0.3 is 0 Å². The third kappa shape index (κ3) is 4.36. The zero-order chi connectivity index (χ0) is 14.4. The fourth-order valence-electron chi connectivity index (χ4n) is 2.33. The highest BCUT2D eigenvalue weighted by atomic mass is 35.5. The van der Waals surface area contributed by atoms with Gasteiger partial charge in [0.2, 0.25) is 0 Å². The van der Waals surface area contributed by atoms with Crippen LogP contribution in [0.2, 0.25) is 5.02 Å². The van der Waals surface area contributed by atoms with E-state index in [1.54, 1.807) is 0 Å². The van der Waals surface area contributed by atoms with E-state index >= 15 is 0 Å². The Morgan fingerprint density at radius 3 is 2.37 bits per heavy atom. The molecule has 0 bridgehead atoms. The predicted molar refractivity (Wildman–Crippen MR) is 83.7 cm³/mol. The lowest BCUT2D eigenvalue weighted by atomic mass is 10.1. The van der Waals surface area contributed by atoms with Crippen molar-refractivity contribution in [2.75, 3.05) is 11.4 Å². The van der Waals surface area contributed by atoms with Crippen molar-refractivity contribution in [3.63, 3.8) is 0 Å². The quantitative estimate of drug-likeness (QED) is 0.826. The molecule has 1 heterocycles. The number of anilines is 1. The minimum absolute atomic E-state index is 0.380. The van der Waals surface area contributed by atoms with Gasteiger partial charge in [0, 0.05) is 19.1 Å². The average Bonchev–Trinajstić information content (AvgIpc) is 2.39. The van der Waals surface area contributed by atoms with Crippen molar-refractivity contribution in [3.8, 4) is 0 Å². The molecule has 0 radical (unpaired) electrons. The molecule has 0 spiro atoms. The van der Waals surface area contributed by atoms with E-state index in [1.165, 1.54) is 0 Å². The second-order valence-electron chi connectivity index (χ2n) is 5.32. The van der Waals surface area contributed by atoms with Crippen LogP contribution in [0.15, 0.2) is 12.1 Å². The van der Waals surface area contributed by atoms with E-state index in [9.17, 15) is 0 Å². The first-order chi connectivity index (χ1) is 9.03. The Bertz CT molecular complexity index is 389. The van der Waals surface area contributed by atoms with Crippen LogP contribution in [-0.2, 0) is 6.54 Å². The highest BCUT2D eigenvalue weighted by Gasteiger charge is 2.18. The molecule has 2 N–H and O–H groups in total. The molecular weight excluding hydrogens is 258 g/mol. The molecule has 1 rings (SSSR count). The Kier molecular flexibility index (Phi) is 6.59. The predicted octanol–water partition coefficient (Wildman–Crippen LogP) is 3.84. The smallest absolute Gasteiger partial charge is 0.129 e. The summed E-state index contributed by atoms with van der Waals surface area (Å²) in [6.45, 7) is 10.3. The number of hydrogen-bond donors (Lipinski definition) is 1. The third-order valence-corrected chi connectivity index (χ3v) is 3.68. The van der Waals surface area contributed by atoms with E-state index in [0.717, 1.165) is 30.9 Å². The van der Waals surface area contributed by atoms with Crippen LogP contribution in [0.3, 0.4) is 0 Å². The molecule has 1 aromatic heterocycles. The van der Waals surface area contributed by atoms with Gasteiger partial charge in [-0.25, -0.2) is 4.98 Å². The zero-order valence-corrected chi connectivity index (χ0v) is 13.2. The van der Waals surface area contributed by atoms with E-state index in [0.29, 0.717) is 23.5 Å². The summed E-state index contributed by atoms with van der Waals surface area (Å²) in [5.41, 5.74) is 6.47. The van der Waals surface area contributed by atoms with Crippen molar-refractivity contribution < 1.29 is 0 Å². The van der Waals surface area contributed by atoms with Crippen LogP contribution in [-0.4, -0.2) is 17.6 Å². The van der Waals surface area contributed by atoms with Crippen molar-refractivity contribution in [1.82, 2.24) is 4.98 Å². The van der Waals surface area contributed by atoms with Crippen LogP contribution < -0.4 is 10.6 Å². The monoisotopic (exact) mass is 283 g/mol. The molecule has 0 atom stereocenters. The van der Waals surface area contributed by atoms with Gasteiger partial charge in [-0.3, -0.25) is 0 Å². The fourth-order valence-corrected chi connectivity index (χ4v) is 2.51. The zero-order valence-electron chi connectivity index (χ0n) is 12.5. The van der Waals surface area contributed by atoms with Gasteiger partial charge in [0.15, 0.2) is 0 Å². The molecule has 0 aliphatic heterocycles. The maximum absolute atomic E-state index is 6.09. The number of rotatable bonds is 7. The van der Waals surface area contributed by atoms with Gasteiger partial charge in [-0.2, -0.15) is 0 Å². The second-order valence-corrected chi connectivity index (χ2v) is 5.73. The molecule has 0 aliphatic rings. The maximum Gasteiger partial charge on any atom is 0.129 e. The molecule has 0 aromatic carbocycles. The summed E-state index contributed by atoms with van der Waals surface area (Å²) in [6.07, 6.45) is 2.23. The van der Waals surface area contributed by atoms with Crippen LogP contribution in [0.1, 0.15) is 46.2 Å². The summed E-state index contributed by atoms with van der Waals surface area (Å²) >= 11 is 6.09. The molecule has 4 heteroatoms. The van der Waals surface area contributed by atoms with Crippen molar-refractivity contribution in [3.05, 3.63) is 22.8 Å². The molecule has 0 saturated carbocycles. The number of nitrogens with zero attached hydrogens (tertiary/aromatic N) is 2. The lowest BCUT2D eigenvalue weighted by Gasteiger charge is -2.33. The highest BCUT2D eigenvalue weighted by Crippen LogP contribution is 2.23. The minimum atomic E-state index is 0.380. The minimum Gasteiger partial charge on any atom is -0.353 e. The fraction of sp³-hybridized carbons (Fsp3) is 0.667. The van der Waals surface area contributed by atoms with E-state index in [-0.39, 0.29) is 0 Å². The Labute approximate surface area is 122 Å². The average molecular weight is 284 g/mol. The molecule has 19 heavy (non-hydrogen) atoms. The molecule has 0 aliphatic carbocycles. The summed E-state index contributed by atoms with van der Waals surface area (Å²) in [6, 6.07) is 4.42. The number of aromatic nitrogens is 1. The Balaban J connectivity index is 3.08. The number of nitrogens with two attached hydrogens (primary N) is 1. The Morgan fingerprint density at radius 1 is 1.26 bits per heavy atom. The number of hydrogen-bond acceptors (Lipinski definition) is 3. The van der Waals surface area contributed by atoms with E-state index in [4.69, 9.17) is 17.3 Å². The summed E-state index contributed by atoms with van der Waals surface area (Å²) < 4.78 is 0. The molecule has 0 saturated heterocycles. The summed E-state index contributed by atoms with van der Waals surface area (Å²) in [5.74, 6) is 1.59. The first-order valence-electron chi connectivity index (χ1n) is 7.15. The van der Waals surface area contributed by atoms with Crippen molar-refractivity contribution in [2.45, 2.75) is 53.1 Å². The molecule has 0 amide bonds. The molecule has 108 valence electrons. The van der Waals surface area contributed by atoms with Gasteiger partial charge in [-0.15, -0.1) is 0 Å². The molecule has 0 fully saturated rings. The van der Waals surface area contributed by atoms with Gasteiger partial charge in [-0.05, 0) is 30.9 Å². The normalized spacial score (nSPS) is 11.4. The first kappa shape index (κ1) is 16.3. The van der Waals surface area contributed by atoms with Gasteiger partial charge < -0.3 is 10.6 Å².